The van der Waals surface area contributed by atoms with Crippen LogP contribution in [0.2, 0.25) is 5.02 Å². The standard InChI is InChI=1S/C16H20ClNO3/c1-21-11-12-6-8-18(9-7-12)14-4-2-13(15(17)10-14)3-5-16(19)20/h2-5,10,12H,6-9,11H2,1H3,(H,19,20)/b5-3+. The third-order valence-electron chi connectivity index (χ3n) is 3.77. The summed E-state index contributed by atoms with van der Waals surface area (Å²) in [6, 6.07) is 5.75. The van der Waals surface area contributed by atoms with Gasteiger partial charge in [0.1, 0.15) is 0 Å². The number of anilines is 1. The van der Waals surface area contributed by atoms with E-state index in [9.17, 15) is 4.79 Å². The van der Waals surface area contributed by atoms with Crippen molar-refractivity contribution in [2.45, 2.75) is 12.8 Å². The smallest absolute Gasteiger partial charge is 0.328 e. The fraction of sp³-hybridized carbons (Fsp3) is 0.438. The molecule has 0 saturated carbocycles. The molecule has 1 heterocycles. The van der Waals surface area contributed by atoms with Gasteiger partial charge >= 0.3 is 5.97 Å². The molecule has 1 aliphatic heterocycles. The zero-order chi connectivity index (χ0) is 15.2. The van der Waals surface area contributed by atoms with Gasteiger partial charge in [0.05, 0.1) is 0 Å². The second-order valence-electron chi connectivity index (χ2n) is 5.26. The summed E-state index contributed by atoms with van der Waals surface area (Å²) in [5.74, 6) is -0.338. The molecule has 0 atom stereocenters. The predicted molar refractivity (Wildman–Crippen MR) is 84.9 cm³/mol. The van der Waals surface area contributed by atoms with Crippen molar-refractivity contribution in [2.75, 3.05) is 31.7 Å². The lowest BCUT2D eigenvalue weighted by molar-refractivity contribution is -0.131. The highest BCUT2D eigenvalue weighted by Crippen LogP contribution is 2.28. The molecule has 0 amide bonds. The number of aliphatic carboxylic acids is 1. The molecular weight excluding hydrogens is 290 g/mol. The third kappa shape index (κ3) is 4.48. The molecule has 0 unspecified atom stereocenters. The maximum atomic E-state index is 10.5. The first-order valence-electron chi connectivity index (χ1n) is 7.04. The molecule has 1 aromatic carbocycles. The Morgan fingerprint density at radius 2 is 2.19 bits per heavy atom. The number of carboxylic acids is 1. The summed E-state index contributed by atoms with van der Waals surface area (Å²) in [6.07, 6.45) is 4.84. The van der Waals surface area contributed by atoms with Crippen LogP contribution in [0.4, 0.5) is 5.69 Å². The fourth-order valence-electron chi connectivity index (χ4n) is 2.60. The van der Waals surface area contributed by atoms with E-state index in [2.05, 4.69) is 4.90 Å². The number of hydrogen-bond acceptors (Lipinski definition) is 3. The van der Waals surface area contributed by atoms with Crippen molar-refractivity contribution in [3.8, 4) is 0 Å². The van der Waals surface area contributed by atoms with Gasteiger partial charge in [0.15, 0.2) is 0 Å². The van der Waals surface area contributed by atoms with E-state index < -0.39 is 5.97 Å². The van der Waals surface area contributed by atoms with Gasteiger partial charge in [0, 0.05) is 43.6 Å². The number of piperidine rings is 1. The highest BCUT2D eigenvalue weighted by Gasteiger charge is 2.19. The van der Waals surface area contributed by atoms with E-state index in [-0.39, 0.29) is 0 Å². The number of benzene rings is 1. The summed E-state index contributed by atoms with van der Waals surface area (Å²) < 4.78 is 5.21. The van der Waals surface area contributed by atoms with Gasteiger partial charge in [-0.15, -0.1) is 0 Å². The molecule has 4 nitrogen and oxygen atoms in total. The second kappa shape index (κ2) is 7.48. The molecule has 0 spiro atoms. The Kier molecular flexibility index (Phi) is 5.65. The quantitative estimate of drug-likeness (QED) is 0.848. The summed E-state index contributed by atoms with van der Waals surface area (Å²) in [4.78, 5) is 12.8. The first-order chi connectivity index (χ1) is 10.1. The Balaban J connectivity index is 2.02. The molecule has 114 valence electrons. The van der Waals surface area contributed by atoms with Crippen molar-refractivity contribution in [1.82, 2.24) is 0 Å². The van der Waals surface area contributed by atoms with Gasteiger partial charge < -0.3 is 14.7 Å². The van der Waals surface area contributed by atoms with Crippen LogP contribution in [0.15, 0.2) is 24.3 Å². The number of carboxylic acid groups (broad SMARTS) is 1. The van der Waals surface area contributed by atoms with Crippen molar-refractivity contribution in [3.63, 3.8) is 0 Å². The van der Waals surface area contributed by atoms with Crippen LogP contribution in [0.3, 0.4) is 0 Å². The molecule has 0 bridgehead atoms. The van der Waals surface area contributed by atoms with Crippen LogP contribution >= 0.6 is 11.6 Å². The van der Waals surface area contributed by atoms with Crippen LogP contribution in [-0.2, 0) is 9.53 Å². The van der Waals surface area contributed by atoms with Crippen LogP contribution in [0, 0.1) is 5.92 Å². The number of rotatable bonds is 5. The molecule has 0 aliphatic carbocycles. The minimum absolute atomic E-state index is 0.573. The van der Waals surface area contributed by atoms with E-state index in [1.165, 1.54) is 6.08 Å². The first-order valence-corrected chi connectivity index (χ1v) is 7.42. The van der Waals surface area contributed by atoms with Gasteiger partial charge in [-0.1, -0.05) is 17.7 Å². The zero-order valence-corrected chi connectivity index (χ0v) is 12.8. The number of nitrogens with zero attached hydrogens (tertiary/aromatic N) is 1. The predicted octanol–water partition coefficient (Wildman–Crippen LogP) is 3.30. The van der Waals surface area contributed by atoms with Gasteiger partial charge in [-0.2, -0.15) is 0 Å². The molecule has 1 aromatic rings. The fourth-order valence-corrected chi connectivity index (χ4v) is 2.84. The van der Waals surface area contributed by atoms with E-state index >= 15 is 0 Å². The van der Waals surface area contributed by atoms with Crippen LogP contribution in [0.5, 0.6) is 0 Å². The van der Waals surface area contributed by atoms with Crippen LogP contribution in [-0.4, -0.2) is 37.9 Å². The van der Waals surface area contributed by atoms with E-state index in [1.54, 1.807) is 7.11 Å². The summed E-state index contributed by atoms with van der Waals surface area (Å²) in [6.45, 7) is 2.82. The number of halogens is 1. The largest absolute Gasteiger partial charge is 0.478 e. The highest BCUT2D eigenvalue weighted by molar-refractivity contribution is 6.32. The van der Waals surface area contributed by atoms with E-state index in [0.29, 0.717) is 10.9 Å². The van der Waals surface area contributed by atoms with Crippen molar-refractivity contribution in [2.24, 2.45) is 5.92 Å². The summed E-state index contributed by atoms with van der Waals surface area (Å²) >= 11 is 6.22. The number of methoxy groups -OCH3 is 1. The van der Waals surface area contributed by atoms with Gasteiger partial charge in [-0.05, 0) is 42.5 Å². The Hall–Kier alpha value is -1.52. The highest BCUT2D eigenvalue weighted by atomic mass is 35.5. The van der Waals surface area contributed by atoms with Crippen molar-refractivity contribution in [3.05, 3.63) is 34.9 Å². The lowest BCUT2D eigenvalue weighted by Crippen LogP contribution is -2.34. The topological polar surface area (TPSA) is 49.8 Å². The van der Waals surface area contributed by atoms with E-state index in [4.69, 9.17) is 21.4 Å². The maximum Gasteiger partial charge on any atom is 0.328 e. The molecule has 1 N–H and O–H groups in total. The Morgan fingerprint density at radius 3 is 2.76 bits per heavy atom. The van der Waals surface area contributed by atoms with Gasteiger partial charge in [-0.3, -0.25) is 0 Å². The monoisotopic (exact) mass is 309 g/mol. The minimum Gasteiger partial charge on any atom is -0.478 e. The summed E-state index contributed by atoms with van der Waals surface area (Å²) in [7, 11) is 1.75. The van der Waals surface area contributed by atoms with Crippen LogP contribution < -0.4 is 4.90 Å². The third-order valence-corrected chi connectivity index (χ3v) is 4.10. The second-order valence-corrected chi connectivity index (χ2v) is 5.67. The lowest BCUT2D eigenvalue weighted by Gasteiger charge is -2.33. The molecule has 2 rings (SSSR count). The summed E-state index contributed by atoms with van der Waals surface area (Å²) in [5, 5.41) is 9.22. The molecule has 1 aliphatic rings. The van der Waals surface area contributed by atoms with Gasteiger partial charge in [-0.25, -0.2) is 4.79 Å². The molecule has 1 fully saturated rings. The van der Waals surface area contributed by atoms with E-state index in [1.807, 2.05) is 18.2 Å². The first kappa shape index (κ1) is 15.9. The Labute approximate surface area is 130 Å². The van der Waals surface area contributed by atoms with Gasteiger partial charge in [0.25, 0.3) is 0 Å². The zero-order valence-electron chi connectivity index (χ0n) is 12.1. The van der Waals surface area contributed by atoms with Gasteiger partial charge in [0.2, 0.25) is 0 Å². The van der Waals surface area contributed by atoms with E-state index in [0.717, 1.165) is 49.9 Å². The Morgan fingerprint density at radius 1 is 1.48 bits per heavy atom. The number of ether oxygens (including phenoxy) is 1. The number of hydrogen-bond donors (Lipinski definition) is 1. The average Bonchev–Trinajstić information content (AvgIpc) is 2.47. The van der Waals surface area contributed by atoms with Crippen LogP contribution in [0.25, 0.3) is 6.08 Å². The van der Waals surface area contributed by atoms with Crippen molar-refractivity contribution >= 4 is 29.3 Å². The average molecular weight is 310 g/mol. The molecule has 0 radical (unpaired) electrons. The molecule has 5 heteroatoms. The molecule has 21 heavy (non-hydrogen) atoms. The molecular formula is C16H20ClNO3. The lowest BCUT2D eigenvalue weighted by atomic mass is 9.97. The molecule has 1 saturated heterocycles. The van der Waals surface area contributed by atoms with Crippen LogP contribution in [0.1, 0.15) is 18.4 Å². The van der Waals surface area contributed by atoms with Crippen molar-refractivity contribution < 1.29 is 14.6 Å². The minimum atomic E-state index is -0.977. The number of carbonyl (C=O) groups is 1. The summed E-state index contributed by atoms with van der Waals surface area (Å²) in [5.41, 5.74) is 1.81. The normalized spacial score (nSPS) is 16.6. The van der Waals surface area contributed by atoms with Crippen molar-refractivity contribution in [1.29, 1.82) is 0 Å². The molecule has 0 aromatic heterocycles. The maximum absolute atomic E-state index is 10.5. The Bertz CT molecular complexity index is 522. The SMILES string of the molecule is COCC1CCN(c2ccc(/C=C/C(=O)O)c(Cl)c2)CC1.